The quantitative estimate of drug-likeness (QED) is 0.876. The molecule has 0 aliphatic rings. The monoisotopic (exact) mass is 284 g/mol. The van der Waals surface area contributed by atoms with Crippen molar-refractivity contribution in [1.29, 1.82) is 0 Å². The lowest BCUT2D eigenvalue weighted by molar-refractivity contribution is 0.304. The Kier molecular flexibility index (Phi) is 4.97. The maximum absolute atomic E-state index is 13.2. The van der Waals surface area contributed by atoms with Crippen molar-refractivity contribution < 1.29 is 14.2 Å². The Morgan fingerprint density at radius 3 is 2.62 bits per heavy atom. The smallest absolute Gasteiger partial charge is 0.123 e. The molecule has 21 heavy (non-hydrogen) atoms. The molecule has 2 nitrogen and oxygen atoms in total. The molecular formula is C18H17FO2. The van der Waals surface area contributed by atoms with Crippen molar-refractivity contribution in [2.24, 2.45) is 0 Å². The van der Waals surface area contributed by atoms with Gasteiger partial charge >= 0.3 is 0 Å². The van der Waals surface area contributed by atoms with E-state index in [2.05, 4.69) is 11.8 Å². The van der Waals surface area contributed by atoms with Gasteiger partial charge in [-0.15, -0.1) is 0 Å². The first-order valence-electron chi connectivity index (χ1n) is 6.68. The summed E-state index contributed by atoms with van der Waals surface area (Å²) in [6.07, 6.45) is 0. The van der Waals surface area contributed by atoms with Crippen LogP contribution in [0.2, 0.25) is 0 Å². The fourth-order valence-electron chi connectivity index (χ4n) is 1.96. The van der Waals surface area contributed by atoms with Crippen molar-refractivity contribution >= 4 is 0 Å². The van der Waals surface area contributed by atoms with Crippen molar-refractivity contribution in [1.82, 2.24) is 0 Å². The van der Waals surface area contributed by atoms with Gasteiger partial charge in [-0.3, -0.25) is 0 Å². The van der Waals surface area contributed by atoms with E-state index in [-0.39, 0.29) is 12.4 Å². The minimum Gasteiger partial charge on any atom is -0.489 e. The van der Waals surface area contributed by atoms with E-state index < -0.39 is 0 Å². The van der Waals surface area contributed by atoms with Crippen molar-refractivity contribution in [3.8, 4) is 17.6 Å². The van der Waals surface area contributed by atoms with Crippen molar-refractivity contribution in [2.45, 2.75) is 20.5 Å². The minimum absolute atomic E-state index is 0.156. The summed E-state index contributed by atoms with van der Waals surface area (Å²) in [5, 5.41) is 8.70. The molecule has 0 radical (unpaired) electrons. The van der Waals surface area contributed by atoms with E-state index in [0.717, 1.165) is 22.3 Å². The predicted octanol–water partition coefficient (Wildman–Crippen LogP) is 3.37. The molecular weight excluding hydrogens is 267 g/mol. The van der Waals surface area contributed by atoms with E-state index in [1.807, 2.05) is 32.0 Å². The first kappa shape index (κ1) is 15.1. The first-order valence-corrected chi connectivity index (χ1v) is 6.68. The highest BCUT2D eigenvalue weighted by atomic mass is 19.1. The highest BCUT2D eigenvalue weighted by molar-refractivity contribution is 5.44. The van der Waals surface area contributed by atoms with Gasteiger partial charge in [0, 0.05) is 5.56 Å². The zero-order valence-electron chi connectivity index (χ0n) is 12.1. The molecule has 0 amide bonds. The summed E-state index contributed by atoms with van der Waals surface area (Å²) < 4.78 is 18.9. The number of rotatable bonds is 3. The largest absolute Gasteiger partial charge is 0.489 e. The third-order valence-electron chi connectivity index (χ3n) is 3.21. The second kappa shape index (κ2) is 6.92. The van der Waals surface area contributed by atoms with Gasteiger partial charge in [0.2, 0.25) is 0 Å². The average Bonchev–Trinajstić information content (AvgIpc) is 2.47. The van der Waals surface area contributed by atoms with Gasteiger partial charge in [-0.1, -0.05) is 17.9 Å². The standard InChI is InChI=1S/C18H17FO2/c1-13-5-7-17(19)11-16(13)12-21-18-8-6-15(4-3-9-20)14(2)10-18/h5-8,10-11,20H,9,12H2,1-2H3. The number of ether oxygens (including phenoxy) is 1. The normalized spacial score (nSPS) is 9.90. The van der Waals surface area contributed by atoms with Crippen LogP contribution in [0.25, 0.3) is 0 Å². The number of benzene rings is 2. The van der Waals surface area contributed by atoms with Crippen LogP contribution in [0.5, 0.6) is 5.75 Å². The number of aryl methyl sites for hydroxylation is 2. The highest BCUT2D eigenvalue weighted by Crippen LogP contribution is 2.19. The van der Waals surface area contributed by atoms with E-state index in [0.29, 0.717) is 12.4 Å². The zero-order valence-corrected chi connectivity index (χ0v) is 12.1. The molecule has 2 aromatic carbocycles. The van der Waals surface area contributed by atoms with E-state index in [1.165, 1.54) is 12.1 Å². The van der Waals surface area contributed by atoms with Crippen LogP contribution in [-0.4, -0.2) is 11.7 Å². The Hall–Kier alpha value is -2.31. The Bertz CT molecular complexity index is 696. The molecule has 0 spiro atoms. The zero-order chi connectivity index (χ0) is 15.2. The van der Waals surface area contributed by atoms with Gasteiger partial charge in [-0.25, -0.2) is 4.39 Å². The summed E-state index contributed by atoms with van der Waals surface area (Å²) in [6, 6.07) is 10.2. The number of aliphatic hydroxyl groups excluding tert-OH is 1. The lowest BCUT2D eigenvalue weighted by Gasteiger charge is -2.10. The van der Waals surface area contributed by atoms with Gasteiger partial charge in [0.05, 0.1) is 0 Å². The lowest BCUT2D eigenvalue weighted by atomic mass is 10.1. The van der Waals surface area contributed by atoms with Crippen molar-refractivity contribution in [3.63, 3.8) is 0 Å². The minimum atomic E-state index is -0.259. The lowest BCUT2D eigenvalue weighted by Crippen LogP contribution is -1.99. The molecule has 2 aromatic rings. The number of hydrogen-bond donors (Lipinski definition) is 1. The van der Waals surface area contributed by atoms with Gasteiger partial charge in [-0.2, -0.15) is 0 Å². The summed E-state index contributed by atoms with van der Waals surface area (Å²) in [4.78, 5) is 0. The van der Waals surface area contributed by atoms with Crippen LogP contribution in [0.3, 0.4) is 0 Å². The molecule has 108 valence electrons. The molecule has 0 saturated heterocycles. The molecule has 0 aliphatic heterocycles. The van der Waals surface area contributed by atoms with E-state index >= 15 is 0 Å². The van der Waals surface area contributed by atoms with Gasteiger partial charge in [0.25, 0.3) is 0 Å². The van der Waals surface area contributed by atoms with Crippen LogP contribution in [-0.2, 0) is 6.61 Å². The molecule has 0 heterocycles. The Morgan fingerprint density at radius 1 is 1.10 bits per heavy atom. The summed E-state index contributed by atoms with van der Waals surface area (Å²) in [6.45, 7) is 4.03. The van der Waals surface area contributed by atoms with Crippen LogP contribution in [0.4, 0.5) is 4.39 Å². The summed E-state index contributed by atoms with van der Waals surface area (Å²) in [5.41, 5.74) is 3.66. The Labute approximate surface area is 124 Å². The predicted molar refractivity (Wildman–Crippen MR) is 80.6 cm³/mol. The highest BCUT2D eigenvalue weighted by Gasteiger charge is 2.03. The van der Waals surface area contributed by atoms with Gasteiger partial charge in [0.1, 0.15) is 24.8 Å². The van der Waals surface area contributed by atoms with E-state index in [9.17, 15) is 4.39 Å². The number of halogens is 1. The first-order chi connectivity index (χ1) is 10.1. The molecule has 3 heteroatoms. The second-order valence-corrected chi connectivity index (χ2v) is 4.80. The van der Waals surface area contributed by atoms with Crippen molar-refractivity contribution in [3.05, 3.63) is 64.5 Å². The molecule has 0 aromatic heterocycles. The molecule has 0 saturated carbocycles. The topological polar surface area (TPSA) is 29.5 Å². The van der Waals surface area contributed by atoms with Crippen LogP contribution in [0.15, 0.2) is 36.4 Å². The van der Waals surface area contributed by atoms with Crippen LogP contribution in [0.1, 0.15) is 22.3 Å². The molecule has 1 N–H and O–H groups in total. The van der Waals surface area contributed by atoms with Gasteiger partial charge < -0.3 is 9.84 Å². The molecule has 0 bridgehead atoms. The Balaban J connectivity index is 2.10. The summed E-state index contributed by atoms with van der Waals surface area (Å²) in [5.74, 6) is 5.95. The fourth-order valence-corrected chi connectivity index (χ4v) is 1.96. The van der Waals surface area contributed by atoms with Crippen molar-refractivity contribution in [2.75, 3.05) is 6.61 Å². The summed E-state index contributed by atoms with van der Waals surface area (Å²) in [7, 11) is 0. The second-order valence-electron chi connectivity index (χ2n) is 4.80. The third kappa shape index (κ3) is 4.08. The average molecular weight is 284 g/mol. The summed E-state index contributed by atoms with van der Waals surface area (Å²) >= 11 is 0. The van der Waals surface area contributed by atoms with Crippen LogP contribution < -0.4 is 4.74 Å². The van der Waals surface area contributed by atoms with Crippen LogP contribution >= 0.6 is 0 Å². The fraction of sp³-hybridized carbons (Fsp3) is 0.222. The molecule has 2 rings (SSSR count). The maximum atomic E-state index is 13.2. The SMILES string of the molecule is Cc1cc(OCc2cc(F)ccc2C)ccc1C#CCO. The molecule has 0 fully saturated rings. The Morgan fingerprint density at radius 2 is 1.90 bits per heavy atom. The van der Waals surface area contributed by atoms with Gasteiger partial charge in [-0.05, 0) is 60.9 Å². The van der Waals surface area contributed by atoms with Gasteiger partial charge in [0.15, 0.2) is 0 Å². The van der Waals surface area contributed by atoms with E-state index in [1.54, 1.807) is 6.07 Å². The van der Waals surface area contributed by atoms with E-state index in [4.69, 9.17) is 9.84 Å². The maximum Gasteiger partial charge on any atom is 0.123 e. The molecule has 0 atom stereocenters. The molecule has 0 unspecified atom stereocenters. The number of hydrogen-bond acceptors (Lipinski definition) is 2. The number of aliphatic hydroxyl groups is 1. The van der Waals surface area contributed by atoms with Crippen LogP contribution in [0, 0.1) is 31.5 Å². The molecule has 0 aliphatic carbocycles. The third-order valence-corrected chi connectivity index (χ3v) is 3.21.